The van der Waals surface area contributed by atoms with E-state index in [1.54, 1.807) is 0 Å². The molecule has 6 nitrogen and oxygen atoms in total. The average molecular weight is 329 g/mol. The Morgan fingerprint density at radius 1 is 1.42 bits per heavy atom. The summed E-state index contributed by atoms with van der Waals surface area (Å²) in [6.45, 7) is 3.65. The molecule has 1 aliphatic rings. The summed E-state index contributed by atoms with van der Waals surface area (Å²) in [5.41, 5.74) is 9.48. The number of hydrogen-bond acceptors (Lipinski definition) is 4. The molecule has 1 fully saturated rings. The topological polar surface area (TPSA) is 78.2 Å². The van der Waals surface area contributed by atoms with Crippen LogP contribution in [0.4, 0.5) is 0 Å². The molecule has 3 N–H and O–H groups in total. The Morgan fingerprint density at radius 2 is 2.12 bits per heavy atom. The predicted molar refractivity (Wildman–Crippen MR) is 95.8 cm³/mol. The standard InChI is InChI=1S/C18H27N5O/c1-12-8-13(9-14-11-20-21-17(12)14)10-16(19)18(24)23-6-4-15(5-7-23)22(2)3/h8-9,11,15-16H,4-7,10,19H2,1-3H3,(H,20,21). The number of benzene rings is 1. The molecule has 6 heteroatoms. The molecule has 0 aliphatic carbocycles. The van der Waals surface area contributed by atoms with Crippen molar-refractivity contribution < 1.29 is 4.79 Å². The molecular weight excluding hydrogens is 302 g/mol. The molecule has 3 rings (SSSR count). The van der Waals surface area contributed by atoms with Gasteiger partial charge in [-0.25, -0.2) is 0 Å². The molecule has 2 aromatic rings. The first kappa shape index (κ1) is 16.9. The van der Waals surface area contributed by atoms with Gasteiger partial charge >= 0.3 is 0 Å². The lowest BCUT2D eigenvalue weighted by Crippen LogP contribution is -2.50. The van der Waals surface area contributed by atoms with Crippen LogP contribution in [0.25, 0.3) is 10.9 Å². The number of fused-ring (bicyclic) bond motifs is 1. The molecule has 1 aliphatic heterocycles. The van der Waals surface area contributed by atoms with Crippen LogP contribution < -0.4 is 5.73 Å². The Morgan fingerprint density at radius 3 is 2.79 bits per heavy atom. The molecule has 24 heavy (non-hydrogen) atoms. The number of piperidine rings is 1. The van der Waals surface area contributed by atoms with Gasteiger partial charge in [-0.1, -0.05) is 6.07 Å². The van der Waals surface area contributed by atoms with E-state index in [0.29, 0.717) is 12.5 Å². The fourth-order valence-corrected chi connectivity index (χ4v) is 3.61. The van der Waals surface area contributed by atoms with Crippen LogP contribution in [0, 0.1) is 6.92 Å². The second-order valence-electron chi connectivity index (χ2n) is 7.08. The molecule has 1 atom stereocenters. The number of rotatable bonds is 4. The van der Waals surface area contributed by atoms with Gasteiger partial charge in [0.1, 0.15) is 0 Å². The van der Waals surface area contributed by atoms with Gasteiger partial charge < -0.3 is 15.5 Å². The summed E-state index contributed by atoms with van der Waals surface area (Å²) in [7, 11) is 4.20. The van der Waals surface area contributed by atoms with Crippen LogP contribution in [0.5, 0.6) is 0 Å². The Kier molecular flexibility index (Phi) is 4.87. The largest absolute Gasteiger partial charge is 0.341 e. The molecule has 1 aromatic carbocycles. The smallest absolute Gasteiger partial charge is 0.239 e. The van der Waals surface area contributed by atoms with Crippen molar-refractivity contribution in [2.75, 3.05) is 27.2 Å². The SMILES string of the molecule is Cc1cc(CC(N)C(=O)N2CCC(N(C)C)CC2)cc2cn[nH]c12. The summed E-state index contributed by atoms with van der Waals surface area (Å²) < 4.78 is 0. The van der Waals surface area contributed by atoms with E-state index in [4.69, 9.17) is 5.73 Å². The molecule has 1 saturated heterocycles. The van der Waals surface area contributed by atoms with Crippen molar-refractivity contribution in [3.05, 3.63) is 29.5 Å². The number of carbonyl (C=O) groups is 1. The lowest BCUT2D eigenvalue weighted by molar-refractivity contribution is -0.134. The number of H-pyrrole nitrogens is 1. The highest BCUT2D eigenvalue weighted by Crippen LogP contribution is 2.20. The minimum atomic E-state index is -0.482. The number of nitrogens with zero attached hydrogens (tertiary/aromatic N) is 3. The van der Waals surface area contributed by atoms with Gasteiger partial charge in [-0.3, -0.25) is 9.89 Å². The lowest BCUT2D eigenvalue weighted by atomic mass is 9.99. The number of aromatic nitrogens is 2. The van der Waals surface area contributed by atoms with Crippen LogP contribution in [0.1, 0.15) is 24.0 Å². The summed E-state index contributed by atoms with van der Waals surface area (Å²) in [4.78, 5) is 16.8. The Balaban J connectivity index is 1.63. The molecule has 2 heterocycles. The molecule has 130 valence electrons. The third kappa shape index (κ3) is 3.44. The Bertz CT molecular complexity index is 715. The highest BCUT2D eigenvalue weighted by molar-refractivity contribution is 5.84. The molecule has 0 saturated carbocycles. The highest BCUT2D eigenvalue weighted by Gasteiger charge is 2.27. The summed E-state index contributed by atoms with van der Waals surface area (Å²) in [6, 6.07) is 4.24. The third-order valence-corrected chi connectivity index (χ3v) is 5.09. The van der Waals surface area contributed by atoms with Gasteiger partial charge in [0.15, 0.2) is 0 Å². The lowest BCUT2D eigenvalue weighted by Gasteiger charge is -2.36. The number of carbonyl (C=O) groups excluding carboxylic acids is 1. The molecule has 0 bridgehead atoms. The van der Waals surface area contributed by atoms with Crippen molar-refractivity contribution in [3.8, 4) is 0 Å². The number of amides is 1. The van der Waals surface area contributed by atoms with Crippen molar-refractivity contribution in [1.82, 2.24) is 20.0 Å². The van der Waals surface area contributed by atoms with Crippen molar-refractivity contribution in [2.24, 2.45) is 5.73 Å². The number of nitrogens with one attached hydrogen (secondary N) is 1. The minimum absolute atomic E-state index is 0.0668. The first-order chi connectivity index (χ1) is 11.5. The zero-order valence-electron chi connectivity index (χ0n) is 14.7. The summed E-state index contributed by atoms with van der Waals surface area (Å²) in [5.74, 6) is 0.0668. The summed E-state index contributed by atoms with van der Waals surface area (Å²) in [5, 5.41) is 8.14. The zero-order chi connectivity index (χ0) is 17.3. The molecular formula is C18H27N5O. The molecule has 1 aromatic heterocycles. The first-order valence-electron chi connectivity index (χ1n) is 8.59. The van der Waals surface area contributed by atoms with Crippen LogP contribution >= 0.6 is 0 Å². The molecule has 1 amide bonds. The maximum Gasteiger partial charge on any atom is 0.239 e. The normalized spacial score (nSPS) is 17.6. The third-order valence-electron chi connectivity index (χ3n) is 5.09. The van der Waals surface area contributed by atoms with Gasteiger partial charge in [-0.15, -0.1) is 0 Å². The van der Waals surface area contributed by atoms with Crippen LogP contribution in [0.3, 0.4) is 0 Å². The quantitative estimate of drug-likeness (QED) is 0.886. The molecule has 0 radical (unpaired) electrons. The van der Waals surface area contributed by atoms with E-state index in [1.165, 1.54) is 0 Å². The maximum atomic E-state index is 12.6. The van der Waals surface area contributed by atoms with Gasteiger partial charge in [-0.2, -0.15) is 5.10 Å². The fourth-order valence-electron chi connectivity index (χ4n) is 3.61. The van der Waals surface area contributed by atoms with Gasteiger partial charge in [-0.05, 0) is 57.5 Å². The maximum absolute atomic E-state index is 12.6. The minimum Gasteiger partial charge on any atom is -0.341 e. The van der Waals surface area contributed by atoms with Crippen LogP contribution in [0.2, 0.25) is 0 Å². The van der Waals surface area contributed by atoms with Crippen LogP contribution in [-0.2, 0) is 11.2 Å². The zero-order valence-corrected chi connectivity index (χ0v) is 14.7. The van der Waals surface area contributed by atoms with E-state index in [0.717, 1.165) is 48.0 Å². The number of aryl methyl sites for hydroxylation is 1. The summed E-state index contributed by atoms with van der Waals surface area (Å²) >= 11 is 0. The monoisotopic (exact) mass is 329 g/mol. The average Bonchev–Trinajstić information content (AvgIpc) is 3.03. The van der Waals surface area contributed by atoms with E-state index >= 15 is 0 Å². The van der Waals surface area contributed by atoms with Crippen molar-refractivity contribution in [3.63, 3.8) is 0 Å². The van der Waals surface area contributed by atoms with Crippen molar-refractivity contribution in [2.45, 2.75) is 38.3 Å². The Hall–Kier alpha value is -1.92. The van der Waals surface area contributed by atoms with E-state index < -0.39 is 6.04 Å². The fraction of sp³-hybridized carbons (Fsp3) is 0.556. The molecule has 0 spiro atoms. The second kappa shape index (κ2) is 6.91. The molecule has 1 unspecified atom stereocenters. The van der Waals surface area contributed by atoms with Gasteiger partial charge in [0.05, 0.1) is 17.8 Å². The van der Waals surface area contributed by atoms with Crippen LogP contribution in [0.15, 0.2) is 18.3 Å². The Labute approximate surface area is 143 Å². The number of likely N-dealkylation sites (tertiary alicyclic amines) is 1. The highest BCUT2D eigenvalue weighted by atomic mass is 16.2. The van der Waals surface area contributed by atoms with Crippen LogP contribution in [-0.4, -0.2) is 65.2 Å². The number of hydrogen-bond donors (Lipinski definition) is 2. The van der Waals surface area contributed by atoms with Crippen molar-refractivity contribution >= 4 is 16.8 Å². The number of aromatic amines is 1. The summed E-state index contributed by atoms with van der Waals surface area (Å²) in [6.07, 6.45) is 4.41. The van der Waals surface area contributed by atoms with Gasteiger partial charge in [0, 0.05) is 24.5 Å². The van der Waals surface area contributed by atoms with Crippen molar-refractivity contribution in [1.29, 1.82) is 0 Å². The van der Waals surface area contributed by atoms with Gasteiger partial charge in [0.25, 0.3) is 0 Å². The van der Waals surface area contributed by atoms with Gasteiger partial charge in [0.2, 0.25) is 5.91 Å². The first-order valence-corrected chi connectivity index (χ1v) is 8.59. The van der Waals surface area contributed by atoms with E-state index in [-0.39, 0.29) is 5.91 Å². The number of nitrogens with two attached hydrogens (primary N) is 1. The second-order valence-corrected chi connectivity index (χ2v) is 7.08. The van der Waals surface area contributed by atoms with E-state index in [9.17, 15) is 4.79 Å². The van der Waals surface area contributed by atoms with E-state index in [1.807, 2.05) is 18.0 Å². The van der Waals surface area contributed by atoms with E-state index in [2.05, 4.69) is 41.3 Å². The predicted octanol–water partition coefficient (Wildman–Crippen LogP) is 1.29.